The largest absolute Gasteiger partial charge is 0.507 e. The lowest BCUT2D eigenvalue weighted by atomic mass is 10.1. The van der Waals surface area contributed by atoms with Crippen molar-refractivity contribution in [1.29, 1.82) is 0 Å². The molecule has 3 aromatic rings. The third-order valence-electron chi connectivity index (χ3n) is 4.34. The number of carbonyl (C=O) groups excluding carboxylic acids is 2. The van der Waals surface area contributed by atoms with Crippen LogP contribution in [0.25, 0.3) is 5.82 Å². The summed E-state index contributed by atoms with van der Waals surface area (Å²) in [6.07, 6.45) is 0. The number of hydrogen-bond donors (Lipinski definition) is 1. The molecule has 146 valence electrons. The number of aryl methyl sites for hydroxylation is 2. The van der Waals surface area contributed by atoms with E-state index >= 15 is 0 Å². The van der Waals surface area contributed by atoms with Crippen LogP contribution in [0.2, 0.25) is 0 Å². The fraction of sp³-hybridized carbons (Fsp3) is 0.250. The SMILES string of the molecule is COc1ccc(C(=O)OCC(=O)c2cc(C)n(-c3cc(C)on3)c2C)c(O)c1. The number of rotatable bonds is 6. The molecule has 1 N–H and O–H groups in total. The fourth-order valence-electron chi connectivity index (χ4n) is 2.95. The molecule has 3 rings (SSSR count). The predicted molar refractivity (Wildman–Crippen MR) is 99.3 cm³/mol. The number of ether oxygens (including phenoxy) is 2. The van der Waals surface area contributed by atoms with Crippen molar-refractivity contribution in [3.05, 3.63) is 58.6 Å². The van der Waals surface area contributed by atoms with E-state index in [1.165, 1.54) is 25.3 Å². The van der Waals surface area contributed by atoms with Gasteiger partial charge in [0, 0.05) is 29.1 Å². The average Bonchev–Trinajstić information content (AvgIpc) is 3.21. The second-order valence-electron chi connectivity index (χ2n) is 6.30. The van der Waals surface area contributed by atoms with Crippen LogP contribution in [0.1, 0.15) is 37.9 Å². The third kappa shape index (κ3) is 3.62. The van der Waals surface area contributed by atoms with Crippen molar-refractivity contribution in [2.45, 2.75) is 20.8 Å². The van der Waals surface area contributed by atoms with E-state index in [4.69, 9.17) is 14.0 Å². The lowest BCUT2D eigenvalue weighted by molar-refractivity contribution is 0.0471. The first kappa shape index (κ1) is 19.2. The van der Waals surface area contributed by atoms with Gasteiger partial charge in [0.1, 0.15) is 22.8 Å². The Morgan fingerprint density at radius 3 is 2.50 bits per heavy atom. The Balaban J connectivity index is 1.74. The average molecular weight is 384 g/mol. The normalized spacial score (nSPS) is 10.7. The number of carbonyl (C=O) groups is 2. The first-order valence-electron chi connectivity index (χ1n) is 8.51. The van der Waals surface area contributed by atoms with E-state index in [-0.39, 0.29) is 17.1 Å². The predicted octanol–water partition coefficient (Wildman–Crippen LogP) is 3.14. The molecule has 0 amide bonds. The van der Waals surface area contributed by atoms with Gasteiger partial charge in [-0.05, 0) is 39.0 Å². The van der Waals surface area contributed by atoms with Crippen LogP contribution in [0.15, 0.2) is 34.9 Å². The highest BCUT2D eigenvalue weighted by molar-refractivity contribution is 6.01. The molecule has 8 heteroatoms. The molecule has 0 fully saturated rings. The van der Waals surface area contributed by atoms with Crippen molar-refractivity contribution in [2.75, 3.05) is 13.7 Å². The summed E-state index contributed by atoms with van der Waals surface area (Å²) in [7, 11) is 1.45. The number of benzene rings is 1. The van der Waals surface area contributed by atoms with Gasteiger partial charge in [0.25, 0.3) is 0 Å². The van der Waals surface area contributed by atoms with Crippen LogP contribution in [0.3, 0.4) is 0 Å². The van der Waals surface area contributed by atoms with E-state index in [9.17, 15) is 14.7 Å². The molecular weight excluding hydrogens is 364 g/mol. The van der Waals surface area contributed by atoms with Crippen molar-refractivity contribution in [3.8, 4) is 17.3 Å². The van der Waals surface area contributed by atoms with E-state index in [2.05, 4.69) is 5.16 Å². The van der Waals surface area contributed by atoms with Gasteiger partial charge in [-0.1, -0.05) is 5.16 Å². The summed E-state index contributed by atoms with van der Waals surface area (Å²) in [5, 5.41) is 13.9. The number of nitrogens with zero attached hydrogens (tertiary/aromatic N) is 2. The number of esters is 1. The molecule has 0 aliphatic rings. The van der Waals surface area contributed by atoms with Crippen LogP contribution in [0, 0.1) is 20.8 Å². The van der Waals surface area contributed by atoms with Crippen molar-refractivity contribution in [1.82, 2.24) is 9.72 Å². The molecule has 28 heavy (non-hydrogen) atoms. The second kappa shape index (κ2) is 7.59. The van der Waals surface area contributed by atoms with E-state index < -0.39 is 12.6 Å². The molecule has 0 saturated heterocycles. The Bertz CT molecular complexity index is 1050. The van der Waals surface area contributed by atoms with Crippen molar-refractivity contribution >= 4 is 11.8 Å². The van der Waals surface area contributed by atoms with Crippen LogP contribution < -0.4 is 4.74 Å². The highest BCUT2D eigenvalue weighted by atomic mass is 16.5. The zero-order chi connectivity index (χ0) is 20.4. The smallest absolute Gasteiger partial charge is 0.342 e. The van der Waals surface area contributed by atoms with Gasteiger partial charge in [0.05, 0.1) is 7.11 Å². The Morgan fingerprint density at radius 1 is 1.14 bits per heavy atom. The van der Waals surface area contributed by atoms with Gasteiger partial charge >= 0.3 is 5.97 Å². The second-order valence-corrected chi connectivity index (χ2v) is 6.30. The summed E-state index contributed by atoms with van der Waals surface area (Å²) in [6.45, 7) is 4.95. The molecule has 0 bridgehead atoms. The summed E-state index contributed by atoms with van der Waals surface area (Å²) in [4.78, 5) is 24.8. The molecule has 2 aromatic heterocycles. The fourth-order valence-corrected chi connectivity index (χ4v) is 2.95. The first-order chi connectivity index (χ1) is 13.3. The van der Waals surface area contributed by atoms with E-state index in [1.807, 2.05) is 6.92 Å². The van der Waals surface area contributed by atoms with Crippen molar-refractivity contribution in [3.63, 3.8) is 0 Å². The number of phenolic OH excluding ortho intramolecular Hbond substituents is 1. The third-order valence-corrected chi connectivity index (χ3v) is 4.34. The topological polar surface area (TPSA) is 104 Å². The minimum atomic E-state index is -0.797. The Kier molecular flexibility index (Phi) is 5.21. The van der Waals surface area contributed by atoms with Crippen LogP contribution in [-0.4, -0.2) is 40.3 Å². The summed E-state index contributed by atoms with van der Waals surface area (Å²) < 4.78 is 16.9. The van der Waals surface area contributed by atoms with Crippen LogP contribution in [-0.2, 0) is 4.74 Å². The van der Waals surface area contributed by atoms with Crippen molar-refractivity contribution in [2.24, 2.45) is 0 Å². The van der Waals surface area contributed by atoms with Gasteiger partial charge in [-0.15, -0.1) is 0 Å². The Hall–Kier alpha value is -3.55. The van der Waals surface area contributed by atoms with E-state index in [0.717, 1.165) is 5.69 Å². The number of methoxy groups -OCH3 is 1. The molecule has 2 heterocycles. The quantitative estimate of drug-likeness (QED) is 0.514. The first-order valence-corrected chi connectivity index (χ1v) is 8.51. The summed E-state index contributed by atoms with van der Waals surface area (Å²) in [6, 6.07) is 7.67. The molecule has 0 radical (unpaired) electrons. The van der Waals surface area contributed by atoms with Gasteiger partial charge in [-0.25, -0.2) is 4.79 Å². The van der Waals surface area contributed by atoms with E-state index in [0.29, 0.717) is 28.6 Å². The maximum absolute atomic E-state index is 12.6. The Labute approximate surface area is 161 Å². The van der Waals surface area contributed by atoms with Crippen LogP contribution in [0.4, 0.5) is 0 Å². The monoisotopic (exact) mass is 384 g/mol. The minimum absolute atomic E-state index is 0.0443. The number of ketones is 1. The molecule has 0 aliphatic carbocycles. The number of phenols is 1. The number of aromatic hydroxyl groups is 1. The molecule has 0 saturated carbocycles. The maximum Gasteiger partial charge on any atom is 0.342 e. The molecule has 1 aromatic carbocycles. The van der Waals surface area contributed by atoms with Gasteiger partial charge < -0.3 is 19.1 Å². The van der Waals surface area contributed by atoms with Gasteiger partial charge in [0.2, 0.25) is 5.78 Å². The Morgan fingerprint density at radius 2 is 1.89 bits per heavy atom. The standard InChI is InChI=1S/C20H20N2O6/c1-11-7-16(13(3)22(11)19-8-12(2)28-21-19)18(24)10-27-20(25)15-6-5-14(26-4)9-17(15)23/h5-9,23H,10H2,1-4H3. The molecule has 0 unspecified atom stereocenters. The zero-order valence-electron chi connectivity index (χ0n) is 16.0. The molecular formula is C20H20N2O6. The molecule has 8 nitrogen and oxygen atoms in total. The molecule has 0 spiro atoms. The minimum Gasteiger partial charge on any atom is -0.507 e. The maximum atomic E-state index is 12.6. The number of aromatic nitrogens is 2. The summed E-state index contributed by atoms with van der Waals surface area (Å²) in [5.41, 5.74) is 1.84. The summed E-state index contributed by atoms with van der Waals surface area (Å²) in [5.74, 6) is 0.197. The van der Waals surface area contributed by atoms with Crippen LogP contribution >= 0.6 is 0 Å². The number of hydrogen-bond acceptors (Lipinski definition) is 7. The van der Waals surface area contributed by atoms with Gasteiger partial charge in [-0.2, -0.15) is 0 Å². The van der Waals surface area contributed by atoms with E-state index in [1.54, 1.807) is 30.5 Å². The molecule has 0 atom stereocenters. The highest BCUT2D eigenvalue weighted by Gasteiger charge is 2.21. The number of Topliss-reactive ketones (excluding diaryl/α,β-unsaturated/α-hetero) is 1. The lowest BCUT2D eigenvalue weighted by Crippen LogP contribution is -2.15. The summed E-state index contributed by atoms with van der Waals surface area (Å²) >= 11 is 0. The zero-order valence-corrected chi connectivity index (χ0v) is 16.0. The van der Waals surface area contributed by atoms with Gasteiger partial charge in [-0.3, -0.25) is 9.36 Å². The lowest BCUT2D eigenvalue weighted by Gasteiger charge is -2.08. The molecule has 0 aliphatic heterocycles. The van der Waals surface area contributed by atoms with Crippen LogP contribution in [0.5, 0.6) is 11.5 Å². The highest BCUT2D eigenvalue weighted by Crippen LogP contribution is 2.25. The van der Waals surface area contributed by atoms with Gasteiger partial charge in [0.15, 0.2) is 12.4 Å². The van der Waals surface area contributed by atoms with Crippen molar-refractivity contribution < 1.29 is 28.7 Å².